The van der Waals surface area contributed by atoms with E-state index in [2.05, 4.69) is 21.2 Å². The maximum atomic E-state index is 8.97. The van der Waals surface area contributed by atoms with Crippen molar-refractivity contribution in [1.82, 2.24) is 15.1 Å². The zero-order valence-electron chi connectivity index (χ0n) is 11.8. The van der Waals surface area contributed by atoms with Crippen molar-refractivity contribution in [2.24, 2.45) is 5.41 Å². The molecule has 2 aliphatic rings. The lowest BCUT2D eigenvalue weighted by molar-refractivity contribution is 0.0255. The number of nitriles is 1. The van der Waals surface area contributed by atoms with Crippen molar-refractivity contribution in [3.05, 3.63) is 0 Å². The molecule has 0 radical (unpaired) electrons. The maximum absolute atomic E-state index is 8.97. The summed E-state index contributed by atoms with van der Waals surface area (Å²) >= 11 is 0. The van der Waals surface area contributed by atoms with Gasteiger partial charge in [-0.3, -0.25) is 4.90 Å². The van der Waals surface area contributed by atoms with Crippen LogP contribution < -0.4 is 5.32 Å². The Morgan fingerprint density at radius 2 is 1.94 bits per heavy atom. The van der Waals surface area contributed by atoms with Gasteiger partial charge in [-0.05, 0) is 33.2 Å². The highest BCUT2D eigenvalue weighted by Crippen LogP contribution is 2.22. The number of hydrogen-bond acceptors (Lipinski definition) is 4. The van der Waals surface area contributed by atoms with E-state index < -0.39 is 0 Å². The molecular formula is C14H26N4. The minimum absolute atomic E-state index is 0.150. The molecule has 0 aromatic carbocycles. The molecule has 0 spiro atoms. The molecule has 0 unspecified atom stereocenters. The molecule has 1 N–H and O–H groups in total. The molecule has 0 aromatic rings. The average Bonchev–Trinajstić information content (AvgIpc) is 2.33. The second-order valence-corrected chi connectivity index (χ2v) is 6.30. The highest BCUT2D eigenvalue weighted by atomic mass is 15.3. The minimum atomic E-state index is -0.150. The summed E-state index contributed by atoms with van der Waals surface area (Å²) in [6, 6.07) is 3.17. The number of nitrogens with one attached hydrogen (secondary N) is 1. The predicted octanol–water partition coefficient (Wildman–Crippen LogP) is 0.906. The van der Waals surface area contributed by atoms with Crippen LogP contribution in [-0.2, 0) is 0 Å². The lowest BCUT2D eigenvalue weighted by Gasteiger charge is -2.47. The molecule has 0 atom stereocenters. The SMILES string of the molecule is CC(C)(C#N)CCCN1CC(N2CCNCC2)C1. The van der Waals surface area contributed by atoms with Crippen LogP contribution in [0.2, 0.25) is 0 Å². The number of rotatable bonds is 5. The molecule has 2 fully saturated rings. The van der Waals surface area contributed by atoms with Crippen molar-refractivity contribution in [2.45, 2.75) is 32.7 Å². The van der Waals surface area contributed by atoms with Gasteiger partial charge in [0.05, 0.1) is 11.5 Å². The van der Waals surface area contributed by atoms with Crippen molar-refractivity contribution in [2.75, 3.05) is 45.8 Å². The molecule has 0 aromatic heterocycles. The van der Waals surface area contributed by atoms with Gasteiger partial charge in [-0.1, -0.05) is 0 Å². The third-order valence-electron chi connectivity index (χ3n) is 4.18. The molecule has 0 bridgehead atoms. The fraction of sp³-hybridized carbons (Fsp3) is 0.929. The Bertz CT molecular complexity index is 295. The molecule has 2 heterocycles. The van der Waals surface area contributed by atoms with Gasteiger partial charge in [-0.2, -0.15) is 5.26 Å². The van der Waals surface area contributed by atoms with Gasteiger partial charge in [0.2, 0.25) is 0 Å². The molecule has 18 heavy (non-hydrogen) atoms. The summed E-state index contributed by atoms with van der Waals surface area (Å²) in [6.07, 6.45) is 2.16. The second kappa shape index (κ2) is 6.01. The van der Waals surface area contributed by atoms with Crippen LogP contribution in [0.5, 0.6) is 0 Å². The molecule has 2 saturated heterocycles. The Morgan fingerprint density at radius 1 is 1.28 bits per heavy atom. The van der Waals surface area contributed by atoms with Gasteiger partial charge >= 0.3 is 0 Å². The van der Waals surface area contributed by atoms with Gasteiger partial charge in [-0.15, -0.1) is 0 Å². The Labute approximate surface area is 111 Å². The molecule has 4 nitrogen and oxygen atoms in total. The summed E-state index contributed by atoms with van der Waals surface area (Å²) < 4.78 is 0. The van der Waals surface area contributed by atoms with E-state index >= 15 is 0 Å². The summed E-state index contributed by atoms with van der Waals surface area (Å²) in [5, 5.41) is 12.4. The Morgan fingerprint density at radius 3 is 2.56 bits per heavy atom. The molecule has 0 amide bonds. The normalized spacial score (nSPS) is 23.6. The largest absolute Gasteiger partial charge is 0.314 e. The molecule has 0 aliphatic carbocycles. The van der Waals surface area contributed by atoms with E-state index in [1.165, 1.54) is 26.2 Å². The standard InChI is InChI=1S/C14H26N4/c1-14(2,12-15)4-3-7-17-10-13(11-17)18-8-5-16-6-9-18/h13,16H,3-11H2,1-2H3. The number of piperazine rings is 1. The number of hydrogen-bond donors (Lipinski definition) is 1. The maximum Gasteiger partial charge on any atom is 0.0683 e. The quantitative estimate of drug-likeness (QED) is 0.787. The summed E-state index contributed by atoms with van der Waals surface area (Å²) in [6.45, 7) is 12.4. The number of likely N-dealkylation sites (tertiary alicyclic amines) is 1. The van der Waals surface area contributed by atoms with Crippen LogP contribution in [0.15, 0.2) is 0 Å². The highest BCUT2D eigenvalue weighted by molar-refractivity contribution is 4.93. The molecule has 102 valence electrons. The van der Waals surface area contributed by atoms with Crippen LogP contribution >= 0.6 is 0 Å². The fourth-order valence-corrected chi connectivity index (χ4v) is 2.80. The average molecular weight is 250 g/mol. The lowest BCUT2D eigenvalue weighted by atomic mass is 9.89. The summed E-state index contributed by atoms with van der Waals surface area (Å²) in [4.78, 5) is 5.15. The van der Waals surface area contributed by atoms with Crippen LogP contribution in [0, 0.1) is 16.7 Å². The van der Waals surface area contributed by atoms with E-state index in [4.69, 9.17) is 5.26 Å². The predicted molar refractivity (Wildman–Crippen MR) is 73.3 cm³/mol. The first kappa shape index (κ1) is 13.8. The van der Waals surface area contributed by atoms with Crippen molar-refractivity contribution in [3.8, 4) is 6.07 Å². The summed E-state index contributed by atoms with van der Waals surface area (Å²) in [5.41, 5.74) is -0.150. The molecule has 0 saturated carbocycles. The molecule has 4 heteroatoms. The highest BCUT2D eigenvalue weighted by Gasteiger charge is 2.31. The Balaban J connectivity index is 1.57. The third kappa shape index (κ3) is 3.68. The molecular weight excluding hydrogens is 224 g/mol. The van der Waals surface area contributed by atoms with Crippen molar-refractivity contribution in [3.63, 3.8) is 0 Å². The smallest absolute Gasteiger partial charge is 0.0683 e. The van der Waals surface area contributed by atoms with Crippen LogP contribution in [0.4, 0.5) is 0 Å². The first-order valence-corrected chi connectivity index (χ1v) is 7.19. The fourth-order valence-electron chi connectivity index (χ4n) is 2.80. The first-order chi connectivity index (χ1) is 8.61. The van der Waals surface area contributed by atoms with Gasteiger partial charge in [0.25, 0.3) is 0 Å². The summed E-state index contributed by atoms with van der Waals surface area (Å²) in [7, 11) is 0. The zero-order chi connectivity index (χ0) is 13.0. The van der Waals surface area contributed by atoms with E-state index in [9.17, 15) is 0 Å². The van der Waals surface area contributed by atoms with Gasteiger partial charge < -0.3 is 10.2 Å². The van der Waals surface area contributed by atoms with E-state index in [0.717, 1.165) is 38.5 Å². The van der Waals surface area contributed by atoms with Gasteiger partial charge in [0.15, 0.2) is 0 Å². The van der Waals surface area contributed by atoms with Crippen molar-refractivity contribution in [1.29, 1.82) is 5.26 Å². The van der Waals surface area contributed by atoms with E-state index in [1.54, 1.807) is 0 Å². The zero-order valence-corrected chi connectivity index (χ0v) is 11.8. The van der Waals surface area contributed by atoms with Gasteiger partial charge in [-0.25, -0.2) is 0 Å². The van der Waals surface area contributed by atoms with Crippen LogP contribution in [0.25, 0.3) is 0 Å². The van der Waals surface area contributed by atoms with E-state index in [0.29, 0.717) is 0 Å². The monoisotopic (exact) mass is 250 g/mol. The van der Waals surface area contributed by atoms with Crippen LogP contribution in [0.3, 0.4) is 0 Å². The molecule has 2 rings (SSSR count). The topological polar surface area (TPSA) is 42.3 Å². The van der Waals surface area contributed by atoms with Crippen LogP contribution in [0.1, 0.15) is 26.7 Å². The second-order valence-electron chi connectivity index (χ2n) is 6.30. The van der Waals surface area contributed by atoms with Crippen molar-refractivity contribution >= 4 is 0 Å². The third-order valence-corrected chi connectivity index (χ3v) is 4.18. The lowest BCUT2D eigenvalue weighted by Crippen LogP contribution is -2.62. The number of nitrogens with zero attached hydrogens (tertiary/aromatic N) is 3. The van der Waals surface area contributed by atoms with Crippen LogP contribution in [-0.4, -0.2) is 61.7 Å². The Kier molecular flexibility index (Phi) is 4.60. The Hall–Kier alpha value is -0.630. The van der Waals surface area contributed by atoms with E-state index in [1.807, 2.05) is 13.8 Å². The van der Waals surface area contributed by atoms with E-state index in [-0.39, 0.29) is 5.41 Å². The minimum Gasteiger partial charge on any atom is -0.314 e. The van der Waals surface area contributed by atoms with Gasteiger partial charge in [0, 0.05) is 45.3 Å². The molecule has 2 aliphatic heterocycles. The van der Waals surface area contributed by atoms with Gasteiger partial charge in [0.1, 0.15) is 0 Å². The summed E-state index contributed by atoms with van der Waals surface area (Å²) in [5.74, 6) is 0. The van der Waals surface area contributed by atoms with Crippen molar-refractivity contribution < 1.29 is 0 Å². The first-order valence-electron chi connectivity index (χ1n) is 7.19.